The van der Waals surface area contributed by atoms with Crippen LogP contribution in [0.4, 0.5) is 10.2 Å². The lowest BCUT2D eigenvalue weighted by atomic mass is 9.96. The molecule has 11 heteroatoms. The average molecular weight is 543 g/mol. The first-order chi connectivity index (χ1) is 19.4. The highest BCUT2D eigenvalue weighted by Gasteiger charge is 2.41. The van der Waals surface area contributed by atoms with Crippen molar-refractivity contribution in [2.45, 2.75) is 63.6 Å². The zero-order chi connectivity index (χ0) is 28.0. The van der Waals surface area contributed by atoms with E-state index in [-0.39, 0.29) is 35.3 Å². The summed E-state index contributed by atoms with van der Waals surface area (Å²) in [6.07, 6.45) is 3.70. The molecule has 4 aromatic rings. The van der Waals surface area contributed by atoms with Crippen LogP contribution in [0.3, 0.4) is 0 Å². The van der Waals surface area contributed by atoms with Crippen LogP contribution < -0.4 is 10.6 Å². The fraction of sp³-hybridized carbons (Fsp3) is 0.448. The molecule has 10 nitrogen and oxygen atoms in total. The van der Waals surface area contributed by atoms with E-state index in [0.717, 1.165) is 37.1 Å². The van der Waals surface area contributed by atoms with Gasteiger partial charge in [-0.1, -0.05) is 31.1 Å². The average Bonchev–Trinajstić information content (AvgIpc) is 3.72. The third-order valence-electron chi connectivity index (χ3n) is 8.15. The van der Waals surface area contributed by atoms with Gasteiger partial charge in [-0.25, -0.2) is 14.2 Å². The Bertz CT molecular complexity index is 1640. The molecule has 1 aliphatic carbocycles. The molecule has 0 unspecified atom stereocenters. The van der Waals surface area contributed by atoms with E-state index >= 15 is 0 Å². The number of anilines is 1. The Morgan fingerprint density at radius 2 is 1.80 bits per heavy atom. The number of halogens is 1. The summed E-state index contributed by atoms with van der Waals surface area (Å²) in [7, 11) is 1.66. The molecule has 0 N–H and O–H groups in total. The van der Waals surface area contributed by atoms with E-state index in [4.69, 9.17) is 9.51 Å². The summed E-state index contributed by atoms with van der Waals surface area (Å²) in [5.41, 5.74) is 1.94. The number of aryl methyl sites for hydroxylation is 1. The predicted octanol–water partition coefficient (Wildman–Crippen LogP) is 4.07. The lowest BCUT2D eigenvalue weighted by Gasteiger charge is -2.48. The maximum absolute atomic E-state index is 13.9. The molecular weight excluding hydrogens is 511 g/mol. The number of pyridine rings is 1. The molecule has 2 fully saturated rings. The number of piperazine rings is 1. The van der Waals surface area contributed by atoms with Crippen LogP contribution in [0.1, 0.15) is 74.5 Å². The fourth-order valence-electron chi connectivity index (χ4n) is 5.72. The number of nitrogens with zero attached hydrogens (tertiary/aromatic N) is 8. The van der Waals surface area contributed by atoms with E-state index in [1.165, 1.54) is 16.7 Å². The molecule has 4 heterocycles. The van der Waals surface area contributed by atoms with E-state index in [9.17, 15) is 14.4 Å². The SMILES string of the molecule is CC[C@H]1CN([C@H](c2ccc(F)cc2)c2nc(C3CC3)no2)[C@H](CC)CN1c1nc(=O)n(C)c2ccc(C#N)nc12. The summed E-state index contributed by atoms with van der Waals surface area (Å²) < 4.78 is 21.2. The Kier molecular flexibility index (Phi) is 6.80. The number of fused-ring (bicyclic) bond motifs is 1. The molecule has 40 heavy (non-hydrogen) atoms. The van der Waals surface area contributed by atoms with Gasteiger partial charge in [-0.05, 0) is 55.5 Å². The summed E-state index contributed by atoms with van der Waals surface area (Å²) in [5.74, 6) is 1.78. The van der Waals surface area contributed by atoms with E-state index in [1.807, 2.05) is 0 Å². The molecule has 206 valence electrons. The predicted molar refractivity (Wildman–Crippen MR) is 146 cm³/mol. The first kappa shape index (κ1) is 26.1. The van der Waals surface area contributed by atoms with Gasteiger partial charge in [0.2, 0.25) is 5.89 Å². The Hall–Kier alpha value is -4.17. The molecule has 3 aromatic heterocycles. The quantitative estimate of drug-likeness (QED) is 0.341. The molecule has 0 bridgehead atoms. The second kappa shape index (κ2) is 10.4. The van der Waals surface area contributed by atoms with Crippen LogP contribution in [-0.4, -0.2) is 54.7 Å². The Morgan fingerprint density at radius 1 is 1.05 bits per heavy atom. The molecule has 0 radical (unpaired) electrons. The van der Waals surface area contributed by atoms with Crippen LogP contribution in [0.15, 0.2) is 45.7 Å². The largest absolute Gasteiger partial charge is 0.349 e. The molecule has 1 aliphatic heterocycles. The van der Waals surface area contributed by atoms with Gasteiger partial charge in [0.25, 0.3) is 0 Å². The maximum atomic E-state index is 13.9. The number of rotatable bonds is 7. The number of hydrogen-bond donors (Lipinski definition) is 0. The molecular formula is C29H31FN8O2. The van der Waals surface area contributed by atoms with Gasteiger partial charge in [0.15, 0.2) is 11.6 Å². The number of hydrogen-bond acceptors (Lipinski definition) is 9. The zero-order valence-electron chi connectivity index (χ0n) is 22.8. The molecule has 1 aromatic carbocycles. The molecule has 1 saturated carbocycles. The minimum absolute atomic E-state index is 0.0214. The first-order valence-corrected chi connectivity index (χ1v) is 13.8. The molecule has 2 aliphatic rings. The third-order valence-corrected chi connectivity index (χ3v) is 8.15. The third kappa shape index (κ3) is 4.62. The van der Waals surface area contributed by atoms with Crippen LogP contribution in [0.25, 0.3) is 11.0 Å². The van der Waals surface area contributed by atoms with Gasteiger partial charge in [0, 0.05) is 38.1 Å². The summed E-state index contributed by atoms with van der Waals surface area (Å²) in [6, 6.07) is 11.6. The van der Waals surface area contributed by atoms with E-state index in [0.29, 0.717) is 41.7 Å². The minimum Gasteiger partial charge on any atom is -0.349 e. The van der Waals surface area contributed by atoms with Crippen molar-refractivity contribution in [2.75, 3.05) is 18.0 Å². The summed E-state index contributed by atoms with van der Waals surface area (Å²) in [5, 5.41) is 13.8. The van der Waals surface area contributed by atoms with E-state index in [2.05, 4.69) is 44.8 Å². The normalized spacial score (nSPS) is 20.5. The van der Waals surface area contributed by atoms with Crippen LogP contribution in [0.2, 0.25) is 0 Å². The molecule has 0 spiro atoms. The van der Waals surface area contributed by atoms with Gasteiger partial charge in [0.05, 0.1) is 5.52 Å². The lowest BCUT2D eigenvalue weighted by Crippen LogP contribution is -2.59. The lowest BCUT2D eigenvalue weighted by molar-refractivity contribution is 0.0930. The number of aromatic nitrogens is 5. The van der Waals surface area contributed by atoms with Gasteiger partial charge >= 0.3 is 5.69 Å². The van der Waals surface area contributed by atoms with Crippen molar-refractivity contribution < 1.29 is 8.91 Å². The number of benzene rings is 1. The molecule has 3 atom stereocenters. The maximum Gasteiger partial charge on any atom is 0.349 e. The highest BCUT2D eigenvalue weighted by molar-refractivity contribution is 5.86. The van der Waals surface area contributed by atoms with Crippen LogP contribution in [0, 0.1) is 17.1 Å². The standard InChI is InChI=1S/C29H31FN8O2/c1-4-21-16-38(27-24-23(36(3)29(39)34-27)13-12-20(14-31)32-24)22(5-2)15-37(21)25(17-8-10-19(30)11-9-17)28-33-26(35-40-28)18-6-7-18/h8-13,18,21-22,25H,4-7,15-16H2,1-3H3/t21-,22+,25-/m1/s1. The molecule has 0 amide bonds. The van der Waals surface area contributed by atoms with Crippen LogP contribution in [-0.2, 0) is 7.05 Å². The van der Waals surface area contributed by atoms with Gasteiger partial charge in [-0.3, -0.25) is 9.47 Å². The second-order valence-corrected chi connectivity index (χ2v) is 10.6. The topological polar surface area (TPSA) is 117 Å². The van der Waals surface area contributed by atoms with Crippen molar-refractivity contribution in [1.82, 2.24) is 29.6 Å². The van der Waals surface area contributed by atoms with Crippen molar-refractivity contribution in [2.24, 2.45) is 7.05 Å². The summed E-state index contributed by atoms with van der Waals surface area (Å²) in [6.45, 7) is 5.41. The Labute approximate surface area is 231 Å². The Balaban J connectivity index is 1.43. The smallest absolute Gasteiger partial charge is 0.349 e. The molecule has 6 rings (SSSR count). The van der Waals surface area contributed by atoms with Crippen molar-refractivity contribution in [3.8, 4) is 6.07 Å². The number of nitriles is 1. The summed E-state index contributed by atoms with van der Waals surface area (Å²) >= 11 is 0. The minimum atomic E-state index is -0.373. The van der Waals surface area contributed by atoms with Gasteiger partial charge in [-0.15, -0.1) is 0 Å². The van der Waals surface area contributed by atoms with Crippen molar-refractivity contribution in [3.05, 3.63) is 75.7 Å². The van der Waals surface area contributed by atoms with E-state index in [1.54, 1.807) is 31.3 Å². The monoisotopic (exact) mass is 542 g/mol. The van der Waals surface area contributed by atoms with Crippen molar-refractivity contribution in [3.63, 3.8) is 0 Å². The first-order valence-electron chi connectivity index (χ1n) is 13.8. The van der Waals surface area contributed by atoms with Crippen molar-refractivity contribution in [1.29, 1.82) is 5.26 Å². The Morgan fingerprint density at radius 3 is 2.48 bits per heavy atom. The van der Waals surface area contributed by atoms with E-state index < -0.39 is 0 Å². The summed E-state index contributed by atoms with van der Waals surface area (Å²) in [4.78, 5) is 31.2. The fourth-order valence-corrected chi connectivity index (χ4v) is 5.72. The zero-order valence-corrected chi connectivity index (χ0v) is 22.8. The molecule has 1 saturated heterocycles. The van der Waals surface area contributed by atoms with Gasteiger partial charge in [0.1, 0.15) is 29.1 Å². The highest BCUT2D eigenvalue weighted by atomic mass is 19.1. The van der Waals surface area contributed by atoms with Gasteiger partial charge in [-0.2, -0.15) is 15.2 Å². The van der Waals surface area contributed by atoms with Gasteiger partial charge < -0.3 is 9.42 Å². The van der Waals surface area contributed by atoms with Crippen LogP contribution in [0.5, 0.6) is 0 Å². The van der Waals surface area contributed by atoms with Crippen LogP contribution >= 0.6 is 0 Å². The highest BCUT2D eigenvalue weighted by Crippen LogP contribution is 2.41. The van der Waals surface area contributed by atoms with Crippen molar-refractivity contribution >= 4 is 16.9 Å². The second-order valence-electron chi connectivity index (χ2n) is 10.6.